The highest BCUT2D eigenvalue weighted by Crippen LogP contribution is 2.13. The summed E-state index contributed by atoms with van der Waals surface area (Å²) in [6.45, 7) is 0.347. The van der Waals surface area contributed by atoms with Gasteiger partial charge in [0.15, 0.2) is 0 Å². The summed E-state index contributed by atoms with van der Waals surface area (Å²) in [5.74, 6) is -0.777. The lowest BCUT2D eigenvalue weighted by molar-refractivity contribution is 0.189. The molecule has 1 aliphatic heterocycles. The molecule has 1 heterocycles. The first-order valence-corrected chi connectivity index (χ1v) is 8.21. The molecule has 6 nitrogen and oxygen atoms in total. The Morgan fingerprint density at radius 1 is 1.27 bits per heavy atom. The minimum Gasteiger partial charge on any atom is -0.392 e. The van der Waals surface area contributed by atoms with Crippen LogP contribution in [0, 0.1) is 0 Å². The van der Waals surface area contributed by atoms with E-state index in [1.54, 1.807) is 0 Å². The topological polar surface area (TPSA) is 91.8 Å². The van der Waals surface area contributed by atoms with Crippen molar-refractivity contribution in [3.63, 3.8) is 0 Å². The van der Waals surface area contributed by atoms with E-state index >= 15 is 0 Å². The Bertz CT molecular complexity index is 413. The third kappa shape index (κ3) is 4.06. The maximum Gasteiger partial charge on any atom is 0.215 e. The van der Waals surface area contributed by atoms with Gasteiger partial charge >= 0.3 is 0 Å². The van der Waals surface area contributed by atoms with Gasteiger partial charge in [-0.2, -0.15) is 4.31 Å². The van der Waals surface area contributed by atoms with Crippen molar-refractivity contribution in [1.82, 2.24) is 4.31 Å². The molecule has 0 amide bonds. The van der Waals surface area contributed by atoms with Gasteiger partial charge in [0.05, 0.1) is 17.6 Å². The second kappa shape index (κ2) is 4.36. The fourth-order valence-electron chi connectivity index (χ4n) is 1.35. The molecule has 15 heavy (non-hydrogen) atoms. The zero-order valence-electron chi connectivity index (χ0n) is 8.46. The summed E-state index contributed by atoms with van der Waals surface area (Å²) in [5.41, 5.74) is 0. The highest BCUT2D eigenvalue weighted by atomic mass is 32.2. The molecule has 0 aliphatic carbocycles. The zero-order valence-corrected chi connectivity index (χ0v) is 10.1. The highest BCUT2D eigenvalue weighted by molar-refractivity contribution is 7.93. The standard InChI is InChI=1S/C7H15NO5S2/c1-14(10,11)4-5-15(12,13)8-3-2-7(9)6-8/h7,9H,2-6H2,1H3. The van der Waals surface area contributed by atoms with Gasteiger partial charge in [0, 0.05) is 19.3 Å². The van der Waals surface area contributed by atoms with Crippen LogP contribution in [-0.4, -0.2) is 63.2 Å². The van der Waals surface area contributed by atoms with Crippen LogP contribution >= 0.6 is 0 Å². The molecule has 90 valence electrons. The fourth-order valence-corrected chi connectivity index (χ4v) is 4.44. The number of aliphatic hydroxyl groups is 1. The molecule has 0 bridgehead atoms. The molecule has 0 spiro atoms. The number of hydrogen-bond donors (Lipinski definition) is 1. The normalized spacial score (nSPS) is 24.5. The summed E-state index contributed by atoms with van der Waals surface area (Å²) >= 11 is 0. The summed E-state index contributed by atoms with van der Waals surface area (Å²) in [6.07, 6.45) is 0.789. The second-order valence-corrected chi connectivity index (χ2v) is 8.09. The van der Waals surface area contributed by atoms with Crippen LogP contribution in [0.25, 0.3) is 0 Å². The van der Waals surface area contributed by atoms with Gasteiger partial charge in [-0.15, -0.1) is 0 Å². The van der Waals surface area contributed by atoms with E-state index in [-0.39, 0.29) is 18.8 Å². The van der Waals surface area contributed by atoms with E-state index in [0.717, 1.165) is 10.6 Å². The van der Waals surface area contributed by atoms with E-state index in [4.69, 9.17) is 5.11 Å². The van der Waals surface area contributed by atoms with E-state index in [0.29, 0.717) is 6.42 Å². The van der Waals surface area contributed by atoms with Crippen molar-refractivity contribution in [2.24, 2.45) is 0 Å². The first kappa shape index (κ1) is 12.9. The van der Waals surface area contributed by atoms with Crippen molar-refractivity contribution in [3.05, 3.63) is 0 Å². The molecule has 1 unspecified atom stereocenters. The van der Waals surface area contributed by atoms with Crippen LogP contribution in [0.15, 0.2) is 0 Å². The molecule has 1 rings (SSSR count). The van der Waals surface area contributed by atoms with Gasteiger partial charge < -0.3 is 5.11 Å². The van der Waals surface area contributed by atoms with Crippen molar-refractivity contribution < 1.29 is 21.9 Å². The van der Waals surface area contributed by atoms with Gasteiger partial charge in [0.1, 0.15) is 9.84 Å². The van der Waals surface area contributed by atoms with Gasteiger partial charge in [-0.1, -0.05) is 0 Å². The Morgan fingerprint density at radius 2 is 1.87 bits per heavy atom. The number of aliphatic hydroxyl groups excluding tert-OH is 1. The predicted octanol–water partition coefficient (Wildman–Crippen LogP) is -1.57. The van der Waals surface area contributed by atoms with Crippen LogP contribution in [0.1, 0.15) is 6.42 Å². The molecule has 0 saturated carbocycles. The number of sulfonamides is 1. The number of β-amino-alcohol motifs (C(OH)–C–C–N with tert-alkyl or cyclic N) is 1. The molecule has 1 fully saturated rings. The average molecular weight is 257 g/mol. The third-order valence-corrected chi connectivity index (χ3v) is 5.27. The molecule has 1 N–H and O–H groups in total. The van der Waals surface area contributed by atoms with E-state index in [9.17, 15) is 16.8 Å². The van der Waals surface area contributed by atoms with Gasteiger partial charge in [0.25, 0.3) is 0 Å². The molecule has 0 radical (unpaired) electrons. The maximum absolute atomic E-state index is 11.6. The first-order valence-electron chi connectivity index (χ1n) is 4.54. The number of rotatable bonds is 4. The number of nitrogens with zero attached hydrogens (tertiary/aromatic N) is 1. The summed E-state index contributed by atoms with van der Waals surface area (Å²) in [5, 5.41) is 9.17. The summed E-state index contributed by atoms with van der Waals surface area (Å²) in [6, 6.07) is 0. The molecule has 0 aromatic carbocycles. The summed E-state index contributed by atoms with van der Waals surface area (Å²) in [4.78, 5) is 0. The minimum absolute atomic E-state index is 0.0755. The second-order valence-electron chi connectivity index (χ2n) is 3.75. The molecule has 1 atom stereocenters. The highest BCUT2D eigenvalue weighted by Gasteiger charge is 2.30. The summed E-state index contributed by atoms with van der Waals surface area (Å²) < 4.78 is 45.9. The average Bonchev–Trinajstić information content (AvgIpc) is 2.48. The van der Waals surface area contributed by atoms with Gasteiger partial charge in [-0.05, 0) is 6.42 Å². The lowest BCUT2D eigenvalue weighted by Gasteiger charge is -2.14. The minimum atomic E-state index is -3.53. The third-order valence-electron chi connectivity index (χ3n) is 2.23. The zero-order chi connectivity index (χ0) is 11.7. The molecule has 1 aliphatic rings. The number of hydrogen-bond acceptors (Lipinski definition) is 5. The fraction of sp³-hybridized carbons (Fsp3) is 1.00. The van der Waals surface area contributed by atoms with E-state index in [1.807, 2.05) is 0 Å². The lowest BCUT2D eigenvalue weighted by Crippen LogP contribution is -2.33. The van der Waals surface area contributed by atoms with Gasteiger partial charge in [-0.3, -0.25) is 0 Å². The molecule has 1 saturated heterocycles. The monoisotopic (exact) mass is 257 g/mol. The smallest absolute Gasteiger partial charge is 0.215 e. The Morgan fingerprint density at radius 3 is 2.27 bits per heavy atom. The maximum atomic E-state index is 11.6. The Hall–Kier alpha value is -0.180. The van der Waals surface area contributed by atoms with E-state index < -0.39 is 31.7 Å². The Labute approximate surface area is 89.9 Å². The molecule has 8 heteroatoms. The first-order chi connectivity index (χ1) is 6.71. The van der Waals surface area contributed by atoms with Crippen LogP contribution in [-0.2, 0) is 19.9 Å². The SMILES string of the molecule is CS(=O)(=O)CCS(=O)(=O)N1CCC(O)C1. The molecule has 0 aromatic heterocycles. The summed E-state index contributed by atoms with van der Waals surface area (Å²) in [7, 11) is -6.80. The van der Waals surface area contributed by atoms with Crippen molar-refractivity contribution in [2.45, 2.75) is 12.5 Å². The van der Waals surface area contributed by atoms with Crippen molar-refractivity contribution in [3.8, 4) is 0 Å². The van der Waals surface area contributed by atoms with Crippen LogP contribution in [0.5, 0.6) is 0 Å². The number of sulfone groups is 1. The lowest BCUT2D eigenvalue weighted by atomic mass is 10.3. The van der Waals surface area contributed by atoms with Crippen molar-refractivity contribution in [1.29, 1.82) is 0 Å². The van der Waals surface area contributed by atoms with Crippen LogP contribution in [0.3, 0.4) is 0 Å². The van der Waals surface area contributed by atoms with E-state index in [2.05, 4.69) is 0 Å². The molecule has 0 aromatic rings. The van der Waals surface area contributed by atoms with Gasteiger partial charge in [-0.25, -0.2) is 16.8 Å². The van der Waals surface area contributed by atoms with Crippen molar-refractivity contribution >= 4 is 19.9 Å². The van der Waals surface area contributed by atoms with Crippen molar-refractivity contribution in [2.75, 3.05) is 30.9 Å². The van der Waals surface area contributed by atoms with E-state index in [1.165, 1.54) is 0 Å². The van der Waals surface area contributed by atoms with Crippen LogP contribution < -0.4 is 0 Å². The molecular weight excluding hydrogens is 242 g/mol. The quantitative estimate of drug-likeness (QED) is 0.657. The predicted molar refractivity (Wildman–Crippen MR) is 55.7 cm³/mol. The van der Waals surface area contributed by atoms with Gasteiger partial charge in [0.2, 0.25) is 10.0 Å². The Balaban J connectivity index is 2.60. The molecular formula is C7H15NO5S2. The van der Waals surface area contributed by atoms with Crippen LogP contribution in [0.4, 0.5) is 0 Å². The largest absolute Gasteiger partial charge is 0.392 e. The Kier molecular flexibility index (Phi) is 3.75. The van der Waals surface area contributed by atoms with Crippen LogP contribution in [0.2, 0.25) is 0 Å².